The summed E-state index contributed by atoms with van der Waals surface area (Å²) < 4.78 is 16.6. The van der Waals surface area contributed by atoms with Crippen molar-refractivity contribution in [3.63, 3.8) is 0 Å². The van der Waals surface area contributed by atoms with Crippen molar-refractivity contribution in [3.8, 4) is 11.5 Å². The van der Waals surface area contributed by atoms with Crippen LogP contribution in [0.25, 0.3) is 0 Å². The van der Waals surface area contributed by atoms with Crippen molar-refractivity contribution in [3.05, 3.63) is 23.3 Å². The summed E-state index contributed by atoms with van der Waals surface area (Å²) in [6, 6.07) is 4.30. The number of methoxy groups -OCH3 is 3. The van der Waals surface area contributed by atoms with Crippen LogP contribution in [-0.2, 0) is 11.3 Å². The molecule has 138 valence electrons. The maximum atomic E-state index is 11.2. The molecule has 0 amide bonds. The zero-order chi connectivity index (χ0) is 17.9. The molecule has 4 rings (SSSR count). The first-order valence-corrected chi connectivity index (χ1v) is 10.2. The van der Waals surface area contributed by atoms with Gasteiger partial charge in [-0.1, -0.05) is 31.9 Å². The van der Waals surface area contributed by atoms with Crippen LogP contribution >= 0.6 is 31.9 Å². The molecule has 0 bridgehead atoms. The molecule has 1 saturated heterocycles. The predicted octanol–water partition coefficient (Wildman–Crippen LogP) is 2.66. The number of nitrogens with zero attached hydrogens (tertiary/aromatic N) is 1. The second-order valence-corrected chi connectivity index (χ2v) is 9.58. The molecule has 3 aliphatic rings. The molecule has 0 radical (unpaired) electrons. The van der Waals surface area contributed by atoms with E-state index < -0.39 is 6.10 Å². The number of aliphatic hydroxyl groups excluding tert-OH is 1. The Morgan fingerprint density at radius 2 is 1.88 bits per heavy atom. The van der Waals surface area contributed by atoms with Crippen molar-refractivity contribution in [1.82, 2.24) is 4.90 Å². The van der Waals surface area contributed by atoms with Crippen LogP contribution in [0.2, 0.25) is 0 Å². The highest BCUT2D eigenvalue weighted by atomic mass is 79.9. The van der Waals surface area contributed by atoms with E-state index in [0.29, 0.717) is 5.75 Å². The normalized spacial score (nSPS) is 39.7. The first-order chi connectivity index (χ1) is 12.0. The third kappa shape index (κ3) is 2.42. The van der Waals surface area contributed by atoms with Gasteiger partial charge >= 0.3 is 0 Å². The molecule has 1 aromatic rings. The molecule has 6 unspecified atom stereocenters. The highest BCUT2D eigenvalue weighted by Crippen LogP contribution is 2.58. The Morgan fingerprint density at radius 1 is 1.20 bits per heavy atom. The van der Waals surface area contributed by atoms with Gasteiger partial charge in [-0.05, 0) is 29.7 Å². The molecule has 1 saturated carbocycles. The number of hydrogen-bond acceptors (Lipinski definition) is 5. The topological polar surface area (TPSA) is 51.2 Å². The van der Waals surface area contributed by atoms with Crippen molar-refractivity contribution >= 4 is 31.9 Å². The molecule has 6 atom stereocenters. The minimum atomic E-state index is -0.595. The standard InChI is InChI=1S/C18H23Br2NO4/c1-23-11-6-9-8-21-5-4-18(20)16(19)15(25-3)14(22)13(17(18)21)10(9)7-12(11)24-2/h6-7,13-17,22H,4-5,8H2,1-3H3. The largest absolute Gasteiger partial charge is 0.493 e. The van der Waals surface area contributed by atoms with Crippen molar-refractivity contribution in [2.24, 2.45) is 0 Å². The minimum absolute atomic E-state index is 0.0378. The Morgan fingerprint density at radius 3 is 2.52 bits per heavy atom. The first-order valence-electron chi connectivity index (χ1n) is 8.49. The molecule has 2 aliphatic heterocycles. The Bertz CT molecular complexity index is 687. The Hall–Kier alpha value is -0.340. The summed E-state index contributed by atoms with van der Waals surface area (Å²) in [6.45, 7) is 1.85. The van der Waals surface area contributed by atoms with Gasteiger partial charge in [0.25, 0.3) is 0 Å². The summed E-state index contributed by atoms with van der Waals surface area (Å²) in [5, 5.41) is 11.2. The lowest BCUT2D eigenvalue weighted by molar-refractivity contribution is -0.0709. The van der Waals surface area contributed by atoms with Gasteiger partial charge in [-0.25, -0.2) is 0 Å². The monoisotopic (exact) mass is 475 g/mol. The lowest BCUT2D eigenvalue weighted by Crippen LogP contribution is -2.65. The van der Waals surface area contributed by atoms with Crippen LogP contribution in [0.4, 0.5) is 0 Å². The number of alkyl halides is 2. The van der Waals surface area contributed by atoms with E-state index >= 15 is 0 Å². The van der Waals surface area contributed by atoms with Crippen LogP contribution in [-0.4, -0.2) is 65.3 Å². The summed E-state index contributed by atoms with van der Waals surface area (Å²) in [6.07, 6.45) is 0.140. The van der Waals surface area contributed by atoms with E-state index in [2.05, 4.69) is 36.8 Å². The molecule has 0 aromatic heterocycles. The van der Waals surface area contributed by atoms with E-state index in [1.165, 1.54) is 5.56 Å². The molecule has 5 nitrogen and oxygen atoms in total. The molecule has 1 aliphatic carbocycles. The Balaban J connectivity index is 1.88. The molecule has 25 heavy (non-hydrogen) atoms. The average Bonchev–Trinajstić information content (AvgIpc) is 2.96. The number of hydrogen-bond donors (Lipinski definition) is 1. The smallest absolute Gasteiger partial charge is 0.161 e. The van der Waals surface area contributed by atoms with E-state index in [-0.39, 0.29) is 27.2 Å². The van der Waals surface area contributed by atoms with Crippen molar-refractivity contribution in [1.29, 1.82) is 0 Å². The van der Waals surface area contributed by atoms with Gasteiger partial charge in [-0.3, -0.25) is 4.90 Å². The van der Waals surface area contributed by atoms with E-state index in [0.717, 1.165) is 30.8 Å². The molecular formula is C18H23Br2NO4. The van der Waals surface area contributed by atoms with Crippen LogP contribution in [0.15, 0.2) is 12.1 Å². The van der Waals surface area contributed by atoms with Crippen molar-refractivity contribution in [2.75, 3.05) is 27.9 Å². The number of benzene rings is 1. The second-order valence-electron chi connectivity index (χ2n) is 7.12. The zero-order valence-electron chi connectivity index (χ0n) is 14.5. The number of aliphatic hydroxyl groups is 1. The van der Waals surface area contributed by atoms with Gasteiger partial charge in [0, 0.05) is 32.2 Å². The van der Waals surface area contributed by atoms with E-state index in [9.17, 15) is 5.11 Å². The summed E-state index contributed by atoms with van der Waals surface area (Å²) in [5.41, 5.74) is 2.33. The lowest BCUT2D eigenvalue weighted by Gasteiger charge is -2.54. The van der Waals surface area contributed by atoms with Crippen LogP contribution in [0, 0.1) is 0 Å². The van der Waals surface area contributed by atoms with Crippen LogP contribution in [0.1, 0.15) is 23.5 Å². The third-order valence-corrected chi connectivity index (χ3v) is 9.42. The van der Waals surface area contributed by atoms with Gasteiger partial charge in [0.1, 0.15) is 0 Å². The summed E-state index contributed by atoms with van der Waals surface area (Å²) >= 11 is 7.85. The third-order valence-electron chi connectivity index (χ3n) is 6.11. The summed E-state index contributed by atoms with van der Waals surface area (Å²) in [7, 11) is 4.97. The van der Waals surface area contributed by atoms with Crippen molar-refractivity contribution in [2.45, 2.75) is 46.3 Å². The maximum Gasteiger partial charge on any atom is 0.161 e. The van der Waals surface area contributed by atoms with Crippen molar-refractivity contribution < 1.29 is 19.3 Å². The van der Waals surface area contributed by atoms with Crippen LogP contribution < -0.4 is 9.47 Å². The van der Waals surface area contributed by atoms with Gasteiger partial charge in [-0.15, -0.1) is 0 Å². The highest BCUT2D eigenvalue weighted by Gasteiger charge is 2.63. The highest BCUT2D eigenvalue weighted by molar-refractivity contribution is 9.12. The molecule has 0 spiro atoms. The zero-order valence-corrected chi connectivity index (χ0v) is 17.7. The van der Waals surface area contributed by atoms with Gasteiger partial charge in [0.2, 0.25) is 0 Å². The predicted molar refractivity (Wildman–Crippen MR) is 102 cm³/mol. The van der Waals surface area contributed by atoms with E-state index in [1.54, 1.807) is 21.3 Å². The van der Waals surface area contributed by atoms with Gasteiger partial charge < -0.3 is 19.3 Å². The van der Waals surface area contributed by atoms with Gasteiger partial charge in [0.15, 0.2) is 11.5 Å². The molecule has 1 N–H and O–H groups in total. The molecule has 2 fully saturated rings. The Kier molecular flexibility index (Phi) is 4.60. The van der Waals surface area contributed by atoms with Crippen LogP contribution in [0.3, 0.4) is 0 Å². The number of halogens is 2. The van der Waals surface area contributed by atoms with Gasteiger partial charge in [0.05, 0.1) is 35.6 Å². The SMILES string of the molecule is COc1cc2c(cc1OC)C1C(O)C(OC)C(Br)C3(Br)CCN(C2)C13. The number of ether oxygens (including phenoxy) is 3. The maximum absolute atomic E-state index is 11.2. The first kappa shape index (κ1) is 18.0. The fourth-order valence-electron chi connectivity index (χ4n) is 4.96. The lowest BCUT2D eigenvalue weighted by atomic mass is 9.68. The Labute approximate surface area is 164 Å². The van der Waals surface area contributed by atoms with Crippen LogP contribution in [0.5, 0.6) is 11.5 Å². The summed E-state index contributed by atoms with van der Waals surface area (Å²) in [4.78, 5) is 2.52. The van der Waals surface area contributed by atoms with E-state index in [4.69, 9.17) is 14.2 Å². The average molecular weight is 477 g/mol. The van der Waals surface area contributed by atoms with Gasteiger partial charge in [-0.2, -0.15) is 0 Å². The fourth-order valence-corrected chi connectivity index (χ4v) is 7.00. The second kappa shape index (κ2) is 6.37. The number of rotatable bonds is 3. The molecule has 7 heteroatoms. The molecule has 2 heterocycles. The molecular weight excluding hydrogens is 454 g/mol. The minimum Gasteiger partial charge on any atom is -0.493 e. The molecule has 1 aromatic carbocycles. The number of fused-ring (bicyclic) bond motifs is 2. The quantitative estimate of drug-likeness (QED) is 0.679. The summed E-state index contributed by atoms with van der Waals surface area (Å²) in [5.74, 6) is 1.40. The van der Waals surface area contributed by atoms with E-state index in [1.807, 2.05) is 12.1 Å². The fraction of sp³-hybridized carbons (Fsp3) is 0.667.